The second-order valence-electron chi connectivity index (χ2n) is 8.07. The molecule has 1 amide bonds. The van der Waals surface area contributed by atoms with E-state index in [2.05, 4.69) is 45.0 Å². The average Bonchev–Trinajstić information content (AvgIpc) is 3.30. The van der Waals surface area contributed by atoms with Gasteiger partial charge in [-0.05, 0) is 41.3 Å². The zero-order valence-electron chi connectivity index (χ0n) is 18.8. The third-order valence-electron chi connectivity index (χ3n) is 5.85. The summed E-state index contributed by atoms with van der Waals surface area (Å²) in [6.07, 6.45) is 4.03. The van der Waals surface area contributed by atoms with Crippen molar-refractivity contribution >= 4 is 23.9 Å². The predicted molar refractivity (Wildman–Crippen MR) is 133 cm³/mol. The Kier molecular flexibility index (Phi) is 6.07. The van der Waals surface area contributed by atoms with E-state index in [1.54, 1.807) is 13.2 Å². The van der Waals surface area contributed by atoms with Crippen molar-refractivity contribution in [1.29, 1.82) is 0 Å². The Morgan fingerprint density at radius 2 is 1.71 bits per heavy atom. The Labute approximate surface area is 198 Å². The molecule has 2 heterocycles. The number of aromatic nitrogens is 3. The summed E-state index contributed by atoms with van der Waals surface area (Å²) in [5.41, 5.74) is 3.21. The van der Waals surface area contributed by atoms with E-state index in [-0.39, 0.29) is 23.9 Å². The van der Waals surface area contributed by atoms with Gasteiger partial charge in [0.15, 0.2) is 0 Å². The number of carbonyl (C=O) groups is 1. The normalized spacial score (nSPS) is 17.1. The number of nitrogens with zero attached hydrogens (tertiary/aromatic N) is 3. The lowest BCUT2D eigenvalue weighted by Crippen LogP contribution is -2.28. The predicted octanol–water partition coefficient (Wildman–Crippen LogP) is 5.08. The minimum atomic E-state index is -0.283. The molecular weight excluding hydrogens is 426 g/mol. The fraction of sp³-hybridized carbons (Fsp3) is 0.148. The van der Waals surface area contributed by atoms with Crippen LogP contribution in [0.1, 0.15) is 35.2 Å². The summed E-state index contributed by atoms with van der Waals surface area (Å²) in [5.74, 6) is 1.41. The van der Waals surface area contributed by atoms with Crippen LogP contribution in [0.4, 0.5) is 11.9 Å². The maximum Gasteiger partial charge on any atom is 0.250 e. The average molecular weight is 452 g/mol. The number of ether oxygens (including phenoxy) is 1. The van der Waals surface area contributed by atoms with Crippen molar-refractivity contribution in [2.45, 2.75) is 18.5 Å². The highest BCUT2D eigenvalue weighted by Gasteiger charge is 2.31. The number of benzene rings is 3. The molecular formula is C27H25N5O2. The summed E-state index contributed by atoms with van der Waals surface area (Å²) in [6, 6.07) is 27.9. The van der Waals surface area contributed by atoms with Crippen LogP contribution >= 0.6 is 0 Å². The Balaban J connectivity index is 1.40. The van der Waals surface area contributed by atoms with Crippen LogP contribution in [0.5, 0.6) is 5.75 Å². The quantitative estimate of drug-likeness (QED) is 0.399. The van der Waals surface area contributed by atoms with Gasteiger partial charge >= 0.3 is 0 Å². The molecule has 1 aliphatic rings. The summed E-state index contributed by atoms with van der Waals surface area (Å²) in [7, 11) is 1.66. The van der Waals surface area contributed by atoms with Gasteiger partial charge in [0, 0.05) is 6.08 Å². The number of hydrogen-bond donors (Lipinski definition) is 2. The Bertz CT molecular complexity index is 1280. The zero-order chi connectivity index (χ0) is 23.3. The smallest absolute Gasteiger partial charge is 0.250 e. The van der Waals surface area contributed by atoms with E-state index >= 15 is 0 Å². The first-order chi connectivity index (χ1) is 16.7. The van der Waals surface area contributed by atoms with Gasteiger partial charge in [-0.1, -0.05) is 72.8 Å². The highest BCUT2D eigenvalue weighted by Crippen LogP contribution is 2.38. The van der Waals surface area contributed by atoms with Crippen molar-refractivity contribution in [3.05, 3.63) is 108 Å². The molecule has 5 rings (SSSR count). The molecule has 0 saturated carbocycles. The number of rotatable bonds is 6. The highest BCUT2D eigenvalue weighted by molar-refractivity contribution is 6.00. The molecule has 0 bridgehead atoms. The monoisotopic (exact) mass is 451 g/mol. The van der Waals surface area contributed by atoms with Crippen molar-refractivity contribution in [3.8, 4) is 5.75 Å². The number of nitrogens with one attached hydrogen (secondary N) is 2. The van der Waals surface area contributed by atoms with Gasteiger partial charge in [-0.3, -0.25) is 10.1 Å². The summed E-state index contributed by atoms with van der Waals surface area (Å²) < 4.78 is 7.15. The van der Waals surface area contributed by atoms with Gasteiger partial charge < -0.3 is 10.1 Å². The molecule has 0 aliphatic carbocycles. The molecule has 0 fully saturated rings. The van der Waals surface area contributed by atoms with Crippen molar-refractivity contribution in [2.24, 2.45) is 0 Å². The molecule has 7 heteroatoms. The van der Waals surface area contributed by atoms with Crippen LogP contribution in [0.3, 0.4) is 0 Å². The van der Waals surface area contributed by atoms with Crippen LogP contribution in [0.25, 0.3) is 6.08 Å². The number of anilines is 2. The zero-order valence-corrected chi connectivity index (χ0v) is 18.8. The van der Waals surface area contributed by atoms with Gasteiger partial charge in [0.1, 0.15) is 5.75 Å². The molecule has 2 N–H and O–H groups in total. The molecule has 34 heavy (non-hydrogen) atoms. The van der Waals surface area contributed by atoms with Gasteiger partial charge in [-0.25, -0.2) is 4.68 Å². The highest BCUT2D eigenvalue weighted by atomic mass is 16.5. The fourth-order valence-electron chi connectivity index (χ4n) is 4.13. The first-order valence-corrected chi connectivity index (χ1v) is 11.2. The minimum Gasteiger partial charge on any atom is -0.497 e. The molecule has 170 valence electrons. The van der Waals surface area contributed by atoms with E-state index in [1.807, 2.05) is 65.3 Å². The van der Waals surface area contributed by atoms with Gasteiger partial charge in [0.25, 0.3) is 11.9 Å². The lowest BCUT2D eigenvalue weighted by atomic mass is 9.93. The summed E-state index contributed by atoms with van der Waals surface area (Å²) in [4.78, 5) is 17.1. The van der Waals surface area contributed by atoms with Crippen molar-refractivity contribution < 1.29 is 9.53 Å². The maximum absolute atomic E-state index is 12.5. The molecule has 0 radical (unpaired) electrons. The van der Waals surface area contributed by atoms with E-state index in [4.69, 9.17) is 4.74 Å². The number of hydrogen-bond acceptors (Lipinski definition) is 5. The van der Waals surface area contributed by atoms with Crippen LogP contribution < -0.4 is 15.4 Å². The number of carbonyl (C=O) groups excluding carboxylic acids is 1. The minimum absolute atomic E-state index is 0.0254. The molecule has 3 aromatic carbocycles. The van der Waals surface area contributed by atoms with E-state index in [9.17, 15) is 4.79 Å². The van der Waals surface area contributed by atoms with Crippen molar-refractivity contribution in [1.82, 2.24) is 14.8 Å². The second-order valence-corrected chi connectivity index (χ2v) is 8.07. The van der Waals surface area contributed by atoms with Crippen LogP contribution in [-0.2, 0) is 4.79 Å². The third-order valence-corrected chi connectivity index (χ3v) is 5.85. The molecule has 0 unspecified atom stereocenters. The van der Waals surface area contributed by atoms with Crippen molar-refractivity contribution in [2.75, 3.05) is 17.7 Å². The van der Waals surface area contributed by atoms with E-state index in [0.29, 0.717) is 5.95 Å². The molecule has 0 spiro atoms. The molecule has 7 nitrogen and oxygen atoms in total. The molecule has 1 aliphatic heterocycles. The lowest BCUT2D eigenvalue weighted by molar-refractivity contribution is -0.111. The fourth-order valence-corrected chi connectivity index (χ4v) is 4.13. The van der Waals surface area contributed by atoms with Gasteiger partial charge in [0.2, 0.25) is 5.95 Å². The van der Waals surface area contributed by atoms with E-state index < -0.39 is 0 Å². The second kappa shape index (κ2) is 9.62. The van der Waals surface area contributed by atoms with Gasteiger partial charge in [0.05, 0.1) is 19.2 Å². The standard InChI is InChI=1S/C27H25N5O2/c1-34-22-15-13-20(14-16-22)23-18-24(21-10-6-3-7-11-21)32-27(28-23)30-26(31-32)29-25(33)17-12-19-8-4-2-5-9-19/h2-17,23-24H,18H2,1H3,(H2,28,29,30,31,33)/b17-12+/t23-,24+/m0/s1. The van der Waals surface area contributed by atoms with Crippen LogP contribution in [0.2, 0.25) is 0 Å². The number of amides is 1. The van der Waals surface area contributed by atoms with Crippen LogP contribution in [-0.4, -0.2) is 27.8 Å². The first-order valence-electron chi connectivity index (χ1n) is 11.2. The third kappa shape index (κ3) is 4.68. The maximum atomic E-state index is 12.5. The Morgan fingerprint density at radius 1 is 1.00 bits per heavy atom. The van der Waals surface area contributed by atoms with Crippen LogP contribution in [0, 0.1) is 0 Å². The molecule has 4 aromatic rings. The summed E-state index contributed by atoms with van der Waals surface area (Å²) in [5, 5.41) is 10.9. The number of fused-ring (bicyclic) bond motifs is 1. The Hall–Kier alpha value is -4.39. The Morgan fingerprint density at radius 3 is 2.41 bits per heavy atom. The first kappa shape index (κ1) is 21.5. The van der Waals surface area contributed by atoms with Gasteiger partial charge in [-0.2, -0.15) is 4.98 Å². The van der Waals surface area contributed by atoms with E-state index in [1.165, 1.54) is 6.08 Å². The number of methoxy groups -OCH3 is 1. The molecule has 2 atom stereocenters. The summed E-state index contributed by atoms with van der Waals surface area (Å²) in [6.45, 7) is 0. The molecule has 1 aromatic heterocycles. The van der Waals surface area contributed by atoms with Gasteiger partial charge in [-0.15, -0.1) is 5.10 Å². The summed E-state index contributed by atoms with van der Waals surface area (Å²) >= 11 is 0. The largest absolute Gasteiger partial charge is 0.497 e. The molecule has 0 saturated heterocycles. The SMILES string of the molecule is COc1ccc([C@@H]2C[C@H](c3ccccc3)n3nc(NC(=O)/C=C/c4ccccc4)nc3N2)cc1. The van der Waals surface area contributed by atoms with Crippen molar-refractivity contribution in [3.63, 3.8) is 0 Å². The van der Waals surface area contributed by atoms with Crippen LogP contribution in [0.15, 0.2) is 91.0 Å². The topological polar surface area (TPSA) is 81.1 Å². The lowest BCUT2D eigenvalue weighted by Gasteiger charge is -2.31. The van der Waals surface area contributed by atoms with E-state index in [0.717, 1.165) is 28.9 Å².